The molecule has 0 aliphatic heterocycles. The van der Waals surface area contributed by atoms with Gasteiger partial charge in [0.2, 0.25) is 0 Å². The molecule has 148 valence electrons. The predicted molar refractivity (Wildman–Crippen MR) is 109 cm³/mol. The zero-order valence-electron chi connectivity index (χ0n) is 14.6. The summed E-state index contributed by atoms with van der Waals surface area (Å²) < 4.78 is 26.0. The summed E-state index contributed by atoms with van der Waals surface area (Å²) in [7, 11) is -4.15. The number of hydrogen-bond acceptors (Lipinski definition) is 6. The number of nitrogens with zero attached hydrogens (tertiary/aromatic N) is 2. The van der Waals surface area contributed by atoms with Gasteiger partial charge in [-0.2, -0.15) is 5.10 Å². The molecule has 0 spiro atoms. The van der Waals surface area contributed by atoms with Crippen molar-refractivity contribution in [1.82, 2.24) is 20.0 Å². The largest absolute Gasteiger partial charge is 0.287 e. The predicted octanol–water partition coefficient (Wildman–Crippen LogP) is 2.97. The Balaban J connectivity index is 1.97. The van der Waals surface area contributed by atoms with E-state index in [0.717, 1.165) is 11.3 Å². The number of nitrogens with one attached hydrogen (secondary N) is 2. The van der Waals surface area contributed by atoms with Crippen LogP contribution in [0.5, 0.6) is 0 Å². The second kappa shape index (κ2) is 7.80. The van der Waals surface area contributed by atoms with Crippen LogP contribution >= 0.6 is 34.5 Å². The summed E-state index contributed by atoms with van der Waals surface area (Å²) in [5, 5.41) is 4.71. The van der Waals surface area contributed by atoms with Gasteiger partial charge < -0.3 is 0 Å². The standard InChI is InChI=1S/C16H14Cl2N4O4S2/c1-8(2)22-16(24)10-6-4-3-5-9(10)13(20-22)15(23)19-21-28(25,26)11-7-12(17)27-14(11)18/h3-8,21H,1-2H3,(H,19,23). The van der Waals surface area contributed by atoms with Gasteiger partial charge in [0.05, 0.1) is 15.8 Å². The van der Waals surface area contributed by atoms with Crippen molar-refractivity contribution in [2.75, 3.05) is 0 Å². The summed E-state index contributed by atoms with van der Waals surface area (Å²) in [6.45, 7) is 3.49. The van der Waals surface area contributed by atoms with Crippen LogP contribution in [0.25, 0.3) is 10.8 Å². The molecule has 3 aromatic rings. The number of carbonyl (C=O) groups excluding carboxylic acids is 1. The molecule has 0 aliphatic carbocycles. The van der Waals surface area contributed by atoms with Gasteiger partial charge in [-0.1, -0.05) is 41.4 Å². The molecule has 2 heterocycles. The third kappa shape index (κ3) is 3.91. The van der Waals surface area contributed by atoms with E-state index in [1.165, 1.54) is 10.7 Å². The molecule has 28 heavy (non-hydrogen) atoms. The van der Waals surface area contributed by atoms with Crippen molar-refractivity contribution >= 4 is 61.2 Å². The van der Waals surface area contributed by atoms with Crippen LogP contribution in [0, 0.1) is 0 Å². The van der Waals surface area contributed by atoms with Gasteiger partial charge in [0.25, 0.3) is 21.5 Å². The summed E-state index contributed by atoms with van der Waals surface area (Å²) in [5.41, 5.74) is 1.66. The smallest absolute Gasteiger partial charge is 0.272 e. The maximum absolute atomic E-state index is 12.6. The maximum Gasteiger partial charge on any atom is 0.287 e. The van der Waals surface area contributed by atoms with E-state index in [1.54, 1.807) is 38.1 Å². The number of amides is 1. The van der Waals surface area contributed by atoms with Gasteiger partial charge in [-0.05, 0) is 26.0 Å². The molecule has 1 amide bonds. The quantitative estimate of drug-likeness (QED) is 0.568. The van der Waals surface area contributed by atoms with Crippen LogP contribution in [0.15, 0.2) is 40.0 Å². The maximum atomic E-state index is 12.6. The van der Waals surface area contributed by atoms with E-state index < -0.39 is 15.9 Å². The lowest BCUT2D eigenvalue weighted by Crippen LogP contribution is -2.42. The zero-order chi connectivity index (χ0) is 20.6. The lowest BCUT2D eigenvalue weighted by molar-refractivity contribution is 0.0939. The van der Waals surface area contributed by atoms with Gasteiger partial charge in [0, 0.05) is 5.39 Å². The molecule has 0 radical (unpaired) electrons. The minimum Gasteiger partial charge on any atom is -0.272 e. The Hall–Kier alpha value is -1.98. The number of sulfonamides is 1. The summed E-state index contributed by atoms with van der Waals surface area (Å²) >= 11 is 12.5. The monoisotopic (exact) mass is 460 g/mol. The zero-order valence-corrected chi connectivity index (χ0v) is 17.7. The second-order valence-electron chi connectivity index (χ2n) is 5.99. The van der Waals surface area contributed by atoms with Crippen molar-refractivity contribution in [3.63, 3.8) is 0 Å². The molecule has 0 bridgehead atoms. The second-order valence-corrected chi connectivity index (χ2v) is 9.92. The van der Waals surface area contributed by atoms with Crippen LogP contribution in [0.4, 0.5) is 0 Å². The fourth-order valence-electron chi connectivity index (χ4n) is 2.46. The third-order valence-electron chi connectivity index (χ3n) is 3.75. The van der Waals surface area contributed by atoms with E-state index in [1.807, 2.05) is 4.83 Å². The summed E-state index contributed by atoms with van der Waals surface area (Å²) in [6, 6.07) is 7.33. The Bertz CT molecular complexity index is 1240. The Kier molecular flexibility index (Phi) is 5.78. The van der Waals surface area contributed by atoms with Crippen molar-refractivity contribution in [3.05, 3.63) is 55.1 Å². The molecule has 12 heteroatoms. The summed E-state index contributed by atoms with van der Waals surface area (Å²) in [5.74, 6) is -0.827. The van der Waals surface area contributed by atoms with E-state index in [2.05, 4.69) is 10.5 Å². The molecule has 2 N–H and O–H groups in total. The number of aromatic nitrogens is 2. The highest BCUT2D eigenvalue weighted by molar-refractivity contribution is 7.89. The number of benzene rings is 1. The third-order valence-corrected chi connectivity index (χ3v) is 6.75. The Morgan fingerprint density at radius 3 is 2.43 bits per heavy atom. The number of halogens is 2. The lowest BCUT2D eigenvalue weighted by atomic mass is 10.1. The first kappa shape index (κ1) is 20.7. The van der Waals surface area contributed by atoms with Gasteiger partial charge in [-0.3, -0.25) is 15.0 Å². The van der Waals surface area contributed by atoms with Gasteiger partial charge in [-0.25, -0.2) is 13.1 Å². The first-order chi connectivity index (χ1) is 13.1. The molecule has 0 fully saturated rings. The number of hydrogen-bond donors (Lipinski definition) is 2. The molecule has 8 nitrogen and oxygen atoms in total. The van der Waals surface area contributed by atoms with E-state index in [0.29, 0.717) is 10.8 Å². The average molecular weight is 461 g/mol. The molecule has 0 saturated carbocycles. The van der Waals surface area contributed by atoms with Gasteiger partial charge in [-0.15, -0.1) is 16.2 Å². The molecule has 0 unspecified atom stereocenters. The first-order valence-electron chi connectivity index (χ1n) is 7.90. The molecule has 2 aromatic heterocycles. The van der Waals surface area contributed by atoms with E-state index >= 15 is 0 Å². The number of rotatable bonds is 5. The van der Waals surface area contributed by atoms with Crippen molar-refractivity contribution < 1.29 is 13.2 Å². The normalized spacial score (nSPS) is 11.9. The first-order valence-corrected chi connectivity index (χ1v) is 11.0. The number of hydrazine groups is 1. The van der Waals surface area contributed by atoms with Crippen LogP contribution < -0.4 is 15.8 Å². The Morgan fingerprint density at radius 1 is 1.21 bits per heavy atom. The van der Waals surface area contributed by atoms with Crippen LogP contribution in [0.2, 0.25) is 8.67 Å². The Labute approximate surface area is 174 Å². The highest BCUT2D eigenvalue weighted by atomic mass is 35.5. The SMILES string of the molecule is CC(C)n1nc(C(=O)NNS(=O)(=O)c2cc(Cl)sc2Cl)c2ccccc2c1=O. The summed E-state index contributed by atoms with van der Waals surface area (Å²) in [6.07, 6.45) is 0. The fraction of sp³-hybridized carbons (Fsp3) is 0.188. The van der Waals surface area contributed by atoms with Crippen LogP contribution in [-0.4, -0.2) is 24.1 Å². The molecular formula is C16H14Cl2N4O4S2. The highest BCUT2D eigenvalue weighted by Gasteiger charge is 2.23. The van der Waals surface area contributed by atoms with Crippen LogP contribution in [-0.2, 0) is 10.0 Å². The highest BCUT2D eigenvalue weighted by Crippen LogP contribution is 2.33. The lowest BCUT2D eigenvalue weighted by Gasteiger charge is -2.13. The molecular weight excluding hydrogens is 447 g/mol. The van der Waals surface area contributed by atoms with E-state index in [4.69, 9.17) is 23.2 Å². The topological polar surface area (TPSA) is 110 Å². The minimum atomic E-state index is -4.15. The molecule has 0 saturated heterocycles. The van der Waals surface area contributed by atoms with Crippen molar-refractivity contribution in [2.45, 2.75) is 24.8 Å². The van der Waals surface area contributed by atoms with Gasteiger partial charge in [0.15, 0.2) is 5.69 Å². The van der Waals surface area contributed by atoms with Gasteiger partial charge in [0.1, 0.15) is 9.23 Å². The minimum absolute atomic E-state index is 0.0383. The fourth-order valence-corrected chi connectivity index (χ4v) is 5.45. The average Bonchev–Trinajstić information content (AvgIpc) is 2.99. The van der Waals surface area contributed by atoms with Crippen LogP contribution in [0.3, 0.4) is 0 Å². The van der Waals surface area contributed by atoms with Crippen molar-refractivity contribution in [1.29, 1.82) is 0 Å². The molecule has 0 aliphatic rings. The van der Waals surface area contributed by atoms with Gasteiger partial charge >= 0.3 is 0 Å². The van der Waals surface area contributed by atoms with E-state index in [9.17, 15) is 18.0 Å². The number of carbonyl (C=O) groups is 1. The summed E-state index contributed by atoms with van der Waals surface area (Å²) in [4.78, 5) is 26.9. The number of fused-ring (bicyclic) bond motifs is 1. The van der Waals surface area contributed by atoms with Crippen molar-refractivity contribution in [3.8, 4) is 0 Å². The van der Waals surface area contributed by atoms with Crippen LogP contribution in [0.1, 0.15) is 30.4 Å². The Morgan fingerprint density at radius 2 is 1.86 bits per heavy atom. The molecule has 0 atom stereocenters. The molecule has 3 rings (SSSR count). The van der Waals surface area contributed by atoms with Crippen molar-refractivity contribution in [2.24, 2.45) is 0 Å². The van der Waals surface area contributed by atoms with E-state index in [-0.39, 0.29) is 30.9 Å². The molecule has 1 aromatic carbocycles. The number of thiophene rings is 1.